The van der Waals surface area contributed by atoms with Crippen molar-refractivity contribution in [2.24, 2.45) is 5.92 Å². The number of likely N-dealkylation sites (tertiary alicyclic amines) is 1. The third-order valence-corrected chi connectivity index (χ3v) is 4.43. The van der Waals surface area contributed by atoms with Crippen molar-refractivity contribution in [1.82, 2.24) is 4.90 Å². The summed E-state index contributed by atoms with van der Waals surface area (Å²) in [6.07, 6.45) is 7.46. The molecule has 0 aliphatic carbocycles. The third kappa shape index (κ3) is 6.57. The summed E-state index contributed by atoms with van der Waals surface area (Å²) in [6.45, 7) is 6.80. The Morgan fingerprint density at radius 2 is 1.96 bits per heavy atom. The number of hydrogen-bond donors (Lipinski definition) is 0. The standard InChI is InChI=1S/C18H28N2O3/c1-16-7-6-13-19(15-16)12-4-2-3-5-14-23-18-10-8-17(9-11-18)20(21)22/h8-11,16H,2-7,12-15H2,1H3. The predicted octanol–water partition coefficient (Wildman–Crippen LogP) is 4.27. The van der Waals surface area contributed by atoms with Crippen molar-refractivity contribution in [2.75, 3.05) is 26.2 Å². The van der Waals surface area contributed by atoms with Crippen molar-refractivity contribution in [2.45, 2.75) is 45.4 Å². The number of ether oxygens (including phenoxy) is 1. The molecule has 1 aromatic carbocycles. The molecule has 1 heterocycles. The highest BCUT2D eigenvalue weighted by molar-refractivity contribution is 5.35. The summed E-state index contributed by atoms with van der Waals surface area (Å²) in [6, 6.07) is 6.29. The molecule has 5 nitrogen and oxygen atoms in total. The third-order valence-electron chi connectivity index (χ3n) is 4.43. The number of hydrogen-bond acceptors (Lipinski definition) is 4. The highest BCUT2D eigenvalue weighted by Crippen LogP contribution is 2.18. The number of unbranched alkanes of at least 4 members (excludes halogenated alkanes) is 3. The van der Waals surface area contributed by atoms with Crippen LogP contribution in [0.15, 0.2) is 24.3 Å². The predicted molar refractivity (Wildman–Crippen MR) is 91.9 cm³/mol. The first-order chi connectivity index (χ1) is 11.1. The first-order valence-corrected chi connectivity index (χ1v) is 8.75. The van der Waals surface area contributed by atoms with E-state index in [2.05, 4.69) is 11.8 Å². The Balaban J connectivity index is 1.50. The van der Waals surface area contributed by atoms with E-state index in [1.807, 2.05) is 0 Å². The fourth-order valence-electron chi connectivity index (χ4n) is 3.13. The number of piperidine rings is 1. The summed E-state index contributed by atoms with van der Waals surface area (Å²) < 4.78 is 5.62. The molecule has 1 fully saturated rings. The number of nitro groups is 1. The van der Waals surface area contributed by atoms with Crippen LogP contribution in [0.5, 0.6) is 5.75 Å². The molecule has 0 spiro atoms. The first kappa shape index (κ1) is 17.7. The quantitative estimate of drug-likeness (QED) is 0.387. The van der Waals surface area contributed by atoms with Crippen molar-refractivity contribution in [3.63, 3.8) is 0 Å². The molecule has 0 bridgehead atoms. The van der Waals surface area contributed by atoms with Gasteiger partial charge in [-0.1, -0.05) is 19.8 Å². The van der Waals surface area contributed by atoms with Gasteiger partial charge in [-0.2, -0.15) is 0 Å². The molecule has 23 heavy (non-hydrogen) atoms. The van der Waals surface area contributed by atoms with Crippen LogP contribution in [0, 0.1) is 16.0 Å². The maximum Gasteiger partial charge on any atom is 0.269 e. The lowest BCUT2D eigenvalue weighted by Crippen LogP contribution is -2.34. The Bertz CT molecular complexity index is 476. The Morgan fingerprint density at radius 3 is 2.65 bits per heavy atom. The number of non-ortho nitro benzene ring substituents is 1. The molecule has 0 radical (unpaired) electrons. The zero-order chi connectivity index (χ0) is 16.5. The molecule has 2 rings (SSSR count). The molecular formula is C18H28N2O3. The minimum Gasteiger partial charge on any atom is -0.494 e. The lowest BCUT2D eigenvalue weighted by molar-refractivity contribution is -0.384. The molecule has 5 heteroatoms. The monoisotopic (exact) mass is 320 g/mol. The van der Waals surface area contributed by atoms with Crippen molar-refractivity contribution < 1.29 is 9.66 Å². The van der Waals surface area contributed by atoms with Crippen LogP contribution in [0.25, 0.3) is 0 Å². The van der Waals surface area contributed by atoms with Crippen LogP contribution < -0.4 is 4.74 Å². The summed E-state index contributed by atoms with van der Waals surface area (Å²) >= 11 is 0. The van der Waals surface area contributed by atoms with Gasteiger partial charge in [-0.05, 0) is 56.8 Å². The van der Waals surface area contributed by atoms with E-state index in [1.165, 1.54) is 63.9 Å². The lowest BCUT2D eigenvalue weighted by atomic mass is 10.00. The minimum atomic E-state index is -0.396. The van der Waals surface area contributed by atoms with E-state index in [9.17, 15) is 10.1 Å². The molecular weight excluding hydrogens is 292 g/mol. The fourth-order valence-corrected chi connectivity index (χ4v) is 3.13. The maximum atomic E-state index is 10.6. The van der Waals surface area contributed by atoms with Crippen molar-refractivity contribution in [1.29, 1.82) is 0 Å². The average molecular weight is 320 g/mol. The number of nitrogens with zero attached hydrogens (tertiary/aromatic N) is 2. The van der Waals surface area contributed by atoms with Crippen LogP contribution in [0.4, 0.5) is 5.69 Å². The van der Waals surface area contributed by atoms with Gasteiger partial charge >= 0.3 is 0 Å². The molecule has 0 aromatic heterocycles. The highest BCUT2D eigenvalue weighted by Gasteiger charge is 2.15. The molecule has 1 aromatic rings. The van der Waals surface area contributed by atoms with Crippen molar-refractivity contribution >= 4 is 5.69 Å². The Labute approximate surface area is 138 Å². The van der Waals surface area contributed by atoms with Gasteiger partial charge in [0.25, 0.3) is 5.69 Å². The summed E-state index contributed by atoms with van der Waals surface area (Å²) in [7, 11) is 0. The first-order valence-electron chi connectivity index (χ1n) is 8.75. The van der Waals surface area contributed by atoms with E-state index in [0.717, 1.165) is 12.3 Å². The summed E-state index contributed by atoms with van der Waals surface area (Å²) in [4.78, 5) is 12.8. The van der Waals surface area contributed by atoms with Crippen LogP contribution in [0.2, 0.25) is 0 Å². The number of rotatable bonds is 9. The SMILES string of the molecule is CC1CCCN(CCCCCCOc2ccc([N+](=O)[O-])cc2)C1. The molecule has 1 aliphatic heterocycles. The van der Waals surface area contributed by atoms with Crippen LogP contribution in [0.3, 0.4) is 0 Å². The van der Waals surface area contributed by atoms with Gasteiger partial charge in [-0.3, -0.25) is 10.1 Å². The van der Waals surface area contributed by atoms with Crippen LogP contribution in [0.1, 0.15) is 45.4 Å². The van der Waals surface area contributed by atoms with Gasteiger partial charge in [0, 0.05) is 18.7 Å². The van der Waals surface area contributed by atoms with Crippen LogP contribution >= 0.6 is 0 Å². The van der Waals surface area contributed by atoms with E-state index in [1.54, 1.807) is 12.1 Å². The number of nitro benzene ring substituents is 1. The van der Waals surface area contributed by atoms with Crippen molar-refractivity contribution in [3.05, 3.63) is 34.4 Å². The molecule has 128 valence electrons. The molecule has 1 aliphatic rings. The van der Waals surface area contributed by atoms with Crippen LogP contribution in [-0.4, -0.2) is 36.1 Å². The Kier molecular flexibility index (Phi) is 7.33. The molecule has 1 saturated heterocycles. The molecule has 1 unspecified atom stereocenters. The zero-order valence-electron chi connectivity index (χ0n) is 14.1. The molecule has 0 amide bonds. The van der Waals surface area contributed by atoms with Crippen LogP contribution in [-0.2, 0) is 0 Å². The molecule has 0 saturated carbocycles. The van der Waals surface area contributed by atoms with E-state index < -0.39 is 4.92 Å². The van der Waals surface area contributed by atoms with E-state index in [4.69, 9.17) is 4.74 Å². The highest BCUT2D eigenvalue weighted by atomic mass is 16.6. The Morgan fingerprint density at radius 1 is 1.22 bits per heavy atom. The molecule has 0 N–H and O–H groups in total. The molecule has 1 atom stereocenters. The second-order valence-electron chi connectivity index (χ2n) is 6.56. The minimum absolute atomic E-state index is 0.101. The average Bonchev–Trinajstić information content (AvgIpc) is 2.54. The summed E-state index contributed by atoms with van der Waals surface area (Å²) in [5, 5.41) is 10.6. The summed E-state index contributed by atoms with van der Waals surface area (Å²) in [5.74, 6) is 1.57. The topological polar surface area (TPSA) is 55.6 Å². The largest absolute Gasteiger partial charge is 0.494 e. The fraction of sp³-hybridized carbons (Fsp3) is 0.667. The smallest absolute Gasteiger partial charge is 0.269 e. The maximum absolute atomic E-state index is 10.6. The summed E-state index contributed by atoms with van der Waals surface area (Å²) in [5.41, 5.74) is 0.101. The van der Waals surface area contributed by atoms with Gasteiger partial charge in [0.2, 0.25) is 0 Å². The zero-order valence-corrected chi connectivity index (χ0v) is 14.1. The van der Waals surface area contributed by atoms with E-state index >= 15 is 0 Å². The van der Waals surface area contributed by atoms with Gasteiger partial charge in [-0.15, -0.1) is 0 Å². The van der Waals surface area contributed by atoms with Crippen molar-refractivity contribution in [3.8, 4) is 5.75 Å². The van der Waals surface area contributed by atoms with Gasteiger partial charge in [0.1, 0.15) is 5.75 Å². The van der Waals surface area contributed by atoms with Gasteiger partial charge in [0.05, 0.1) is 11.5 Å². The van der Waals surface area contributed by atoms with E-state index in [0.29, 0.717) is 12.4 Å². The second kappa shape index (κ2) is 9.50. The normalized spacial score (nSPS) is 18.7. The Hall–Kier alpha value is -1.62. The number of benzene rings is 1. The second-order valence-corrected chi connectivity index (χ2v) is 6.56. The lowest BCUT2D eigenvalue weighted by Gasteiger charge is -2.30. The van der Waals surface area contributed by atoms with Gasteiger partial charge < -0.3 is 9.64 Å². The van der Waals surface area contributed by atoms with E-state index in [-0.39, 0.29) is 5.69 Å². The van der Waals surface area contributed by atoms with Gasteiger partial charge in [0.15, 0.2) is 0 Å². The van der Waals surface area contributed by atoms with Gasteiger partial charge in [-0.25, -0.2) is 0 Å².